The topological polar surface area (TPSA) is 97.1 Å². The molecule has 0 bridgehead atoms. The zero-order valence-corrected chi connectivity index (χ0v) is 21.4. The molecular weight excluding hydrogens is 503 g/mol. The quantitative estimate of drug-likeness (QED) is 0.499. The highest BCUT2D eigenvalue weighted by Crippen LogP contribution is 2.48. The molecule has 1 atom stereocenters. The van der Waals surface area contributed by atoms with Gasteiger partial charge in [-0.2, -0.15) is 13.2 Å². The minimum Gasteiger partial charge on any atom is -0.496 e. The Balaban J connectivity index is 1.76. The molecule has 2 aromatic carbocycles. The number of benzene rings is 2. The van der Waals surface area contributed by atoms with Crippen molar-refractivity contribution >= 4 is 11.8 Å². The molecule has 1 aliphatic carbocycles. The summed E-state index contributed by atoms with van der Waals surface area (Å²) >= 11 is 0. The molecular formula is C28H28F3NO6. The monoisotopic (exact) mass is 531 g/mol. The summed E-state index contributed by atoms with van der Waals surface area (Å²) in [6, 6.07) is 9.55. The molecule has 2 aliphatic rings. The van der Waals surface area contributed by atoms with Crippen LogP contribution in [-0.4, -0.2) is 26.0 Å². The summed E-state index contributed by atoms with van der Waals surface area (Å²) in [7, 11) is 2.65. The molecule has 0 saturated heterocycles. The van der Waals surface area contributed by atoms with E-state index >= 15 is 0 Å². The molecule has 7 nitrogen and oxygen atoms in total. The second-order valence-electron chi connectivity index (χ2n) is 9.97. The van der Waals surface area contributed by atoms with Crippen molar-refractivity contribution in [3.63, 3.8) is 0 Å². The lowest BCUT2D eigenvalue weighted by Crippen LogP contribution is -2.35. The molecule has 1 heterocycles. The average molecular weight is 532 g/mol. The number of alkyl halides is 3. The fraction of sp³-hybridized carbons (Fsp3) is 0.357. The van der Waals surface area contributed by atoms with Gasteiger partial charge in [0.15, 0.2) is 5.78 Å². The Kier molecular flexibility index (Phi) is 7.18. The average Bonchev–Trinajstić information content (AvgIpc) is 2.85. The Bertz CT molecular complexity index is 1340. The van der Waals surface area contributed by atoms with E-state index in [2.05, 4.69) is 0 Å². The van der Waals surface area contributed by atoms with Gasteiger partial charge in [-0.05, 0) is 41.3 Å². The number of carbonyl (C=O) groups is 2. The number of allylic oxidation sites excluding steroid dienone is 2. The molecule has 2 aromatic rings. The number of hydrogen-bond acceptors (Lipinski definition) is 7. The summed E-state index contributed by atoms with van der Waals surface area (Å²) in [5, 5.41) is 0. The van der Waals surface area contributed by atoms with Gasteiger partial charge in [0.1, 0.15) is 29.4 Å². The molecule has 0 amide bonds. The van der Waals surface area contributed by atoms with Crippen molar-refractivity contribution in [2.24, 2.45) is 11.1 Å². The maximum Gasteiger partial charge on any atom is 0.416 e. The maximum atomic E-state index is 13.3. The Hall–Kier alpha value is -3.95. The highest BCUT2D eigenvalue weighted by atomic mass is 19.4. The molecule has 0 radical (unpaired) electrons. The molecule has 10 heteroatoms. The van der Waals surface area contributed by atoms with Gasteiger partial charge >= 0.3 is 12.1 Å². The van der Waals surface area contributed by atoms with Gasteiger partial charge in [-0.25, -0.2) is 4.79 Å². The fourth-order valence-corrected chi connectivity index (χ4v) is 4.84. The van der Waals surface area contributed by atoms with Crippen LogP contribution in [0.25, 0.3) is 0 Å². The Morgan fingerprint density at radius 3 is 2.53 bits per heavy atom. The summed E-state index contributed by atoms with van der Waals surface area (Å²) in [6.45, 7) is 3.75. The Labute approximate surface area is 218 Å². The van der Waals surface area contributed by atoms with Crippen molar-refractivity contribution in [2.45, 2.75) is 45.4 Å². The molecule has 202 valence electrons. The Morgan fingerprint density at radius 2 is 1.87 bits per heavy atom. The third-order valence-electron chi connectivity index (χ3n) is 6.55. The zero-order chi connectivity index (χ0) is 27.8. The van der Waals surface area contributed by atoms with E-state index in [1.165, 1.54) is 26.4 Å². The van der Waals surface area contributed by atoms with Crippen LogP contribution in [0.2, 0.25) is 0 Å². The van der Waals surface area contributed by atoms with Crippen LogP contribution < -0.4 is 15.2 Å². The number of halogens is 3. The molecule has 4 rings (SSSR count). The molecule has 38 heavy (non-hydrogen) atoms. The van der Waals surface area contributed by atoms with Gasteiger partial charge < -0.3 is 24.7 Å². The fourth-order valence-electron chi connectivity index (χ4n) is 4.84. The minimum absolute atomic E-state index is 0.00535. The van der Waals surface area contributed by atoms with Crippen LogP contribution in [0.1, 0.15) is 49.3 Å². The van der Waals surface area contributed by atoms with Crippen LogP contribution in [0.4, 0.5) is 13.2 Å². The third-order valence-corrected chi connectivity index (χ3v) is 6.55. The van der Waals surface area contributed by atoms with Crippen LogP contribution in [-0.2, 0) is 31.8 Å². The van der Waals surface area contributed by atoms with Crippen molar-refractivity contribution in [1.29, 1.82) is 0 Å². The second-order valence-corrected chi connectivity index (χ2v) is 9.97. The van der Waals surface area contributed by atoms with Gasteiger partial charge in [0, 0.05) is 24.0 Å². The van der Waals surface area contributed by atoms with Crippen molar-refractivity contribution in [2.75, 3.05) is 14.2 Å². The largest absolute Gasteiger partial charge is 0.496 e. The normalized spacial score (nSPS) is 19.0. The standard InChI is InChI=1S/C28H28F3NO6/c1-27(2)12-19(33)23-21(13-27)38-25(32)24(26(34)36-4)22(23)15-8-9-20(35-3)16(10-15)14-37-18-7-5-6-17(11-18)28(29,30)31/h5-11,22H,12-14,32H2,1-4H3. The van der Waals surface area contributed by atoms with Gasteiger partial charge in [0.05, 0.1) is 25.7 Å². The molecule has 0 spiro atoms. The number of hydrogen-bond donors (Lipinski definition) is 1. The summed E-state index contributed by atoms with van der Waals surface area (Å²) in [5.74, 6) is -1.10. The first-order chi connectivity index (χ1) is 17.8. The van der Waals surface area contributed by atoms with E-state index in [1.807, 2.05) is 13.8 Å². The maximum absolute atomic E-state index is 13.3. The highest BCUT2D eigenvalue weighted by molar-refractivity contribution is 6.03. The lowest BCUT2D eigenvalue weighted by Gasteiger charge is -2.38. The van der Waals surface area contributed by atoms with Crippen molar-refractivity contribution < 1.29 is 41.7 Å². The first-order valence-electron chi connectivity index (χ1n) is 11.8. The summed E-state index contributed by atoms with van der Waals surface area (Å²) in [4.78, 5) is 26.1. The summed E-state index contributed by atoms with van der Waals surface area (Å²) in [5.41, 5.74) is 6.32. The lowest BCUT2D eigenvalue weighted by molar-refractivity contribution is -0.138. The van der Waals surface area contributed by atoms with Crippen LogP contribution in [0, 0.1) is 5.41 Å². The number of carbonyl (C=O) groups excluding carboxylic acids is 2. The number of ketones is 1. The first-order valence-corrected chi connectivity index (χ1v) is 11.8. The molecule has 1 unspecified atom stereocenters. The number of ether oxygens (including phenoxy) is 4. The van der Waals surface area contributed by atoms with Crippen LogP contribution in [0.5, 0.6) is 11.5 Å². The minimum atomic E-state index is -4.51. The third kappa shape index (κ3) is 5.34. The van der Waals surface area contributed by atoms with E-state index in [1.54, 1.807) is 18.2 Å². The number of methoxy groups -OCH3 is 2. The van der Waals surface area contributed by atoms with Gasteiger partial charge in [-0.3, -0.25) is 4.79 Å². The highest BCUT2D eigenvalue weighted by Gasteiger charge is 2.45. The summed E-state index contributed by atoms with van der Waals surface area (Å²) < 4.78 is 61.2. The van der Waals surface area contributed by atoms with Crippen LogP contribution in [0.15, 0.2) is 65.3 Å². The van der Waals surface area contributed by atoms with Gasteiger partial charge in [0.2, 0.25) is 5.88 Å². The number of nitrogens with two attached hydrogens (primary N) is 1. The van der Waals surface area contributed by atoms with E-state index in [0.29, 0.717) is 34.6 Å². The predicted molar refractivity (Wildman–Crippen MR) is 131 cm³/mol. The second kappa shape index (κ2) is 10.1. The van der Waals surface area contributed by atoms with Crippen LogP contribution in [0.3, 0.4) is 0 Å². The number of Topliss-reactive ketones (excluding diaryl/α,β-unsaturated/α-hetero) is 1. The van der Waals surface area contributed by atoms with E-state index in [0.717, 1.165) is 12.1 Å². The van der Waals surface area contributed by atoms with Gasteiger partial charge in [-0.1, -0.05) is 26.0 Å². The zero-order valence-electron chi connectivity index (χ0n) is 21.4. The molecule has 2 N–H and O–H groups in total. The van der Waals surface area contributed by atoms with Crippen molar-refractivity contribution in [1.82, 2.24) is 0 Å². The predicted octanol–water partition coefficient (Wildman–Crippen LogP) is 5.39. The van der Waals surface area contributed by atoms with E-state index in [4.69, 9.17) is 24.7 Å². The molecule has 0 aromatic heterocycles. The smallest absolute Gasteiger partial charge is 0.416 e. The summed E-state index contributed by atoms with van der Waals surface area (Å²) in [6.07, 6.45) is -3.81. The SMILES string of the molecule is COC(=O)C1=C(N)OC2=C(C(=O)CC(C)(C)C2)C1c1ccc(OC)c(COc2cccc(C(F)(F)F)c2)c1. The lowest BCUT2D eigenvalue weighted by atomic mass is 9.70. The first kappa shape index (κ1) is 27.1. The number of esters is 1. The van der Waals surface area contributed by atoms with E-state index in [9.17, 15) is 22.8 Å². The van der Waals surface area contributed by atoms with Gasteiger partial charge in [0.25, 0.3) is 0 Å². The Morgan fingerprint density at radius 1 is 1.13 bits per heavy atom. The van der Waals surface area contributed by atoms with E-state index < -0.39 is 23.6 Å². The molecule has 0 fully saturated rings. The molecule has 1 aliphatic heterocycles. The van der Waals surface area contributed by atoms with Crippen molar-refractivity contribution in [3.05, 3.63) is 81.9 Å². The molecule has 0 saturated carbocycles. The van der Waals surface area contributed by atoms with Gasteiger partial charge in [-0.15, -0.1) is 0 Å². The van der Waals surface area contributed by atoms with Crippen LogP contribution >= 0.6 is 0 Å². The van der Waals surface area contributed by atoms with Crippen molar-refractivity contribution in [3.8, 4) is 11.5 Å². The van der Waals surface area contributed by atoms with E-state index in [-0.39, 0.29) is 41.4 Å². The number of rotatable bonds is 6.